The number of aliphatic hydroxyl groups excluding tert-OH is 1. The number of ketones is 1. The lowest BCUT2D eigenvalue weighted by molar-refractivity contribution is -0.119. The molecule has 1 aliphatic heterocycles. The molecule has 7 nitrogen and oxygen atoms in total. The van der Waals surface area contributed by atoms with Crippen LogP contribution in [0.3, 0.4) is 0 Å². The van der Waals surface area contributed by atoms with E-state index in [0.717, 1.165) is 9.87 Å². The Morgan fingerprint density at radius 3 is 2.25 bits per heavy atom. The summed E-state index contributed by atoms with van der Waals surface area (Å²) < 4.78 is 27.0. The molecule has 2 aromatic carbocycles. The molecule has 1 amide bonds. The lowest BCUT2D eigenvalue weighted by Gasteiger charge is -2.23. The van der Waals surface area contributed by atoms with E-state index in [-0.39, 0.29) is 23.6 Å². The fourth-order valence-electron chi connectivity index (χ4n) is 3.15. The number of anilines is 1. The summed E-state index contributed by atoms with van der Waals surface area (Å²) in [5, 5.41) is 12.7. The van der Waals surface area contributed by atoms with E-state index in [1.54, 1.807) is 36.4 Å². The summed E-state index contributed by atoms with van der Waals surface area (Å²) in [7, 11) is -3.92. The molecule has 0 radical (unpaired) electrons. The predicted molar refractivity (Wildman–Crippen MR) is 105 cm³/mol. The Hall–Kier alpha value is -2.55. The van der Waals surface area contributed by atoms with Crippen molar-refractivity contribution in [2.45, 2.75) is 37.3 Å². The quantitative estimate of drug-likeness (QED) is 0.744. The van der Waals surface area contributed by atoms with Crippen molar-refractivity contribution in [3.8, 4) is 0 Å². The predicted octanol–water partition coefficient (Wildman–Crippen LogP) is 1.96. The lowest BCUT2D eigenvalue weighted by atomic mass is 10.1. The van der Waals surface area contributed by atoms with Gasteiger partial charge in [0.25, 0.3) is 0 Å². The molecule has 0 aliphatic carbocycles. The van der Waals surface area contributed by atoms with Gasteiger partial charge in [-0.05, 0) is 50.2 Å². The van der Waals surface area contributed by atoms with Gasteiger partial charge in [0.15, 0.2) is 5.78 Å². The number of aliphatic hydroxyl groups is 1. The first kappa shape index (κ1) is 20.2. The standard InChI is InChI=1S/C20H22N2O5S/c1-13-3-9-18(10-4-13)28(26,27)22-12-17(24)11-19(22)20(25)21-16-7-5-15(6-8-16)14(2)23/h3-10,17,19,24H,11-12H2,1-2H3,(H,21,25). The summed E-state index contributed by atoms with van der Waals surface area (Å²) in [6.45, 7) is 3.16. The summed E-state index contributed by atoms with van der Waals surface area (Å²) in [4.78, 5) is 24.2. The number of hydrogen-bond donors (Lipinski definition) is 2. The zero-order chi connectivity index (χ0) is 20.5. The van der Waals surface area contributed by atoms with Crippen LogP contribution < -0.4 is 5.32 Å². The largest absolute Gasteiger partial charge is 0.392 e. The second kappa shape index (κ2) is 7.83. The van der Waals surface area contributed by atoms with Gasteiger partial charge in [0.2, 0.25) is 15.9 Å². The number of β-amino-alcohol motifs (C(OH)–C–C–N with tert-alkyl or cyclic N) is 1. The first-order valence-electron chi connectivity index (χ1n) is 8.87. The van der Waals surface area contributed by atoms with Crippen molar-refractivity contribution in [1.82, 2.24) is 4.31 Å². The normalized spacial score (nSPS) is 20.1. The van der Waals surface area contributed by atoms with E-state index in [2.05, 4.69) is 5.32 Å². The number of nitrogens with one attached hydrogen (secondary N) is 1. The highest BCUT2D eigenvalue weighted by Crippen LogP contribution is 2.27. The number of aryl methyl sites for hydroxylation is 1. The van der Waals surface area contributed by atoms with E-state index in [9.17, 15) is 23.1 Å². The maximum atomic E-state index is 13.0. The number of benzene rings is 2. The fourth-order valence-corrected chi connectivity index (χ4v) is 4.78. The molecule has 1 heterocycles. The number of carbonyl (C=O) groups is 2. The Labute approximate surface area is 164 Å². The highest BCUT2D eigenvalue weighted by Gasteiger charge is 2.43. The third-order valence-electron chi connectivity index (χ3n) is 4.72. The minimum absolute atomic E-state index is 0.0163. The van der Waals surface area contributed by atoms with Crippen LogP contribution >= 0.6 is 0 Å². The van der Waals surface area contributed by atoms with Crippen LogP contribution in [-0.2, 0) is 14.8 Å². The summed E-state index contributed by atoms with van der Waals surface area (Å²) in [5.74, 6) is -0.616. The fraction of sp³-hybridized carbons (Fsp3) is 0.300. The maximum Gasteiger partial charge on any atom is 0.243 e. The number of Topliss-reactive ketones (excluding diaryl/α,β-unsaturated/α-hetero) is 1. The topological polar surface area (TPSA) is 104 Å². The number of hydrogen-bond acceptors (Lipinski definition) is 5. The van der Waals surface area contributed by atoms with Gasteiger partial charge >= 0.3 is 0 Å². The first-order valence-corrected chi connectivity index (χ1v) is 10.3. The molecule has 2 aromatic rings. The van der Waals surface area contributed by atoms with Crippen LogP contribution in [0.5, 0.6) is 0 Å². The molecule has 1 fully saturated rings. The van der Waals surface area contributed by atoms with Crippen LogP contribution in [-0.4, -0.2) is 48.2 Å². The minimum Gasteiger partial charge on any atom is -0.392 e. The van der Waals surface area contributed by atoms with Crippen molar-refractivity contribution >= 4 is 27.4 Å². The van der Waals surface area contributed by atoms with E-state index < -0.39 is 28.1 Å². The van der Waals surface area contributed by atoms with E-state index in [1.807, 2.05) is 6.92 Å². The van der Waals surface area contributed by atoms with Crippen LogP contribution in [0.15, 0.2) is 53.4 Å². The van der Waals surface area contributed by atoms with Gasteiger partial charge in [0.05, 0.1) is 11.0 Å². The second-order valence-electron chi connectivity index (χ2n) is 6.92. The van der Waals surface area contributed by atoms with Gasteiger partial charge in [0.1, 0.15) is 6.04 Å². The minimum atomic E-state index is -3.92. The van der Waals surface area contributed by atoms with E-state index in [1.165, 1.54) is 19.1 Å². The molecule has 2 N–H and O–H groups in total. The average molecular weight is 402 g/mol. The Balaban J connectivity index is 1.82. The zero-order valence-corrected chi connectivity index (χ0v) is 16.4. The molecule has 1 saturated heterocycles. The lowest BCUT2D eigenvalue weighted by Crippen LogP contribution is -2.43. The molecule has 1 aliphatic rings. The van der Waals surface area contributed by atoms with Gasteiger partial charge < -0.3 is 10.4 Å². The summed E-state index contributed by atoms with van der Waals surface area (Å²) >= 11 is 0. The summed E-state index contributed by atoms with van der Waals surface area (Å²) in [6, 6.07) is 11.7. The third kappa shape index (κ3) is 4.14. The molecular formula is C20H22N2O5S. The molecule has 28 heavy (non-hydrogen) atoms. The average Bonchev–Trinajstić information content (AvgIpc) is 3.05. The second-order valence-corrected chi connectivity index (χ2v) is 8.81. The monoisotopic (exact) mass is 402 g/mol. The number of amides is 1. The van der Waals surface area contributed by atoms with Gasteiger partial charge in [-0.25, -0.2) is 8.42 Å². The first-order chi connectivity index (χ1) is 13.2. The summed E-state index contributed by atoms with van der Waals surface area (Å²) in [5.41, 5.74) is 1.88. The van der Waals surface area contributed by atoms with Crippen LogP contribution in [0.25, 0.3) is 0 Å². The molecular weight excluding hydrogens is 380 g/mol. The van der Waals surface area contributed by atoms with Gasteiger partial charge in [-0.15, -0.1) is 0 Å². The highest BCUT2D eigenvalue weighted by molar-refractivity contribution is 7.89. The van der Waals surface area contributed by atoms with Crippen LogP contribution in [0.1, 0.15) is 29.3 Å². The van der Waals surface area contributed by atoms with Crippen molar-refractivity contribution in [2.24, 2.45) is 0 Å². The van der Waals surface area contributed by atoms with Crippen LogP contribution in [0, 0.1) is 6.92 Å². The Morgan fingerprint density at radius 1 is 1.07 bits per heavy atom. The van der Waals surface area contributed by atoms with E-state index >= 15 is 0 Å². The van der Waals surface area contributed by atoms with Crippen LogP contribution in [0.4, 0.5) is 5.69 Å². The Morgan fingerprint density at radius 2 is 1.68 bits per heavy atom. The van der Waals surface area contributed by atoms with Gasteiger partial charge in [0, 0.05) is 24.2 Å². The molecule has 3 rings (SSSR count). The highest BCUT2D eigenvalue weighted by atomic mass is 32.2. The van der Waals surface area contributed by atoms with Crippen molar-refractivity contribution in [3.05, 3.63) is 59.7 Å². The molecule has 148 valence electrons. The van der Waals surface area contributed by atoms with Crippen molar-refractivity contribution in [2.75, 3.05) is 11.9 Å². The van der Waals surface area contributed by atoms with Gasteiger partial charge in [-0.3, -0.25) is 9.59 Å². The van der Waals surface area contributed by atoms with E-state index in [4.69, 9.17) is 0 Å². The number of carbonyl (C=O) groups excluding carboxylic acids is 2. The van der Waals surface area contributed by atoms with E-state index in [0.29, 0.717) is 11.3 Å². The van der Waals surface area contributed by atoms with Gasteiger partial charge in [-0.1, -0.05) is 17.7 Å². The smallest absolute Gasteiger partial charge is 0.243 e. The van der Waals surface area contributed by atoms with Crippen molar-refractivity contribution in [1.29, 1.82) is 0 Å². The molecule has 0 saturated carbocycles. The molecule has 2 atom stereocenters. The number of sulfonamides is 1. The molecule has 0 spiro atoms. The molecule has 8 heteroatoms. The van der Waals surface area contributed by atoms with Crippen molar-refractivity contribution < 1.29 is 23.1 Å². The Kier molecular flexibility index (Phi) is 5.64. The van der Waals surface area contributed by atoms with Crippen LogP contribution in [0.2, 0.25) is 0 Å². The zero-order valence-electron chi connectivity index (χ0n) is 15.6. The van der Waals surface area contributed by atoms with Gasteiger partial charge in [-0.2, -0.15) is 4.31 Å². The van der Waals surface area contributed by atoms with Crippen molar-refractivity contribution in [3.63, 3.8) is 0 Å². The molecule has 0 aromatic heterocycles. The SMILES string of the molecule is CC(=O)c1ccc(NC(=O)C2CC(O)CN2S(=O)(=O)c2ccc(C)cc2)cc1. The molecule has 0 bridgehead atoms. The third-order valence-corrected chi connectivity index (χ3v) is 6.61. The number of rotatable bonds is 5. The molecule has 2 unspecified atom stereocenters. The summed E-state index contributed by atoms with van der Waals surface area (Å²) in [6.07, 6.45) is -0.904. The Bertz CT molecular complexity index is 984. The maximum absolute atomic E-state index is 13.0. The number of nitrogens with zero attached hydrogens (tertiary/aromatic N) is 1.